The molecule has 0 unspecified atom stereocenters. The van der Waals surface area contributed by atoms with Gasteiger partial charge in [0, 0.05) is 48.8 Å². The number of aliphatic hydroxyl groups excluding tert-OH is 1. The van der Waals surface area contributed by atoms with Crippen LogP contribution in [0.4, 0.5) is 24.0 Å². The lowest BCUT2D eigenvalue weighted by Gasteiger charge is -2.35. The molecule has 1 aliphatic rings. The number of rotatable bonds is 14. The van der Waals surface area contributed by atoms with E-state index >= 15 is 0 Å². The third-order valence-electron chi connectivity index (χ3n) is 9.56. The summed E-state index contributed by atoms with van der Waals surface area (Å²) in [4.78, 5) is 43.0. The number of ether oxygens (including phenoxy) is 2. The first-order valence-electron chi connectivity index (χ1n) is 17.3. The minimum absolute atomic E-state index is 0. The van der Waals surface area contributed by atoms with E-state index in [4.69, 9.17) is 9.47 Å². The van der Waals surface area contributed by atoms with E-state index in [-0.39, 0.29) is 53.4 Å². The van der Waals surface area contributed by atoms with Crippen LogP contribution in [0.15, 0.2) is 76.2 Å². The monoisotopic (exact) mass is 802 g/mol. The van der Waals surface area contributed by atoms with E-state index in [9.17, 15) is 38.5 Å². The Labute approximate surface area is 321 Å². The third kappa shape index (κ3) is 9.55. The Bertz CT molecular complexity index is 2090. The Morgan fingerprint density at radius 1 is 1.02 bits per heavy atom. The topological polar surface area (TPSA) is 173 Å². The Balaban J connectivity index is 0.00000580. The molecule has 294 valence electrons. The maximum absolute atomic E-state index is 14.9. The van der Waals surface area contributed by atoms with Gasteiger partial charge in [0.25, 0.3) is 0 Å². The van der Waals surface area contributed by atoms with Crippen molar-refractivity contribution in [3.05, 3.63) is 114 Å². The average molecular weight is 803 g/mol. The van der Waals surface area contributed by atoms with Gasteiger partial charge >= 0.3 is 12.1 Å². The summed E-state index contributed by atoms with van der Waals surface area (Å²) in [5.41, 5.74) is -2.10. The van der Waals surface area contributed by atoms with Crippen molar-refractivity contribution in [1.29, 1.82) is 0 Å². The quantitative estimate of drug-likeness (QED) is 0.0745. The second-order valence-electron chi connectivity index (χ2n) is 13.1. The molecule has 0 spiro atoms. The molecule has 17 heteroatoms. The van der Waals surface area contributed by atoms with Crippen molar-refractivity contribution in [1.82, 2.24) is 15.2 Å². The summed E-state index contributed by atoms with van der Waals surface area (Å²) in [5.74, 6) is -2.51. The molecule has 3 heterocycles. The SMILES string of the molecule is CN(CCOC(=O)Nc1cc(F)c(CNC[C@@H](O)c2ccc(O)c3[nH]c(=O)ccc23)cc1F)C1CCC(OC(=O)C(O)(c2cccs2)c2cccs2)CC1.F. The molecule has 6 N–H and O–H groups in total. The second-order valence-corrected chi connectivity index (χ2v) is 15.0. The fraction of sp³-hybridized carbons (Fsp3) is 0.342. The number of esters is 1. The molecule has 3 aromatic heterocycles. The van der Waals surface area contributed by atoms with Gasteiger partial charge in [-0.25, -0.2) is 18.4 Å². The minimum Gasteiger partial charge on any atom is -0.506 e. The number of phenols is 1. The van der Waals surface area contributed by atoms with Crippen molar-refractivity contribution in [3.8, 4) is 5.75 Å². The molecule has 0 bridgehead atoms. The van der Waals surface area contributed by atoms with Crippen molar-refractivity contribution in [3.63, 3.8) is 0 Å². The van der Waals surface area contributed by atoms with Gasteiger partial charge in [0.05, 0.1) is 27.1 Å². The largest absolute Gasteiger partial charge is 0.506 e. The number of aromatic hydroxyl groups is 1. The minimum atomic E-state index is -1.86. The van der Waals surface area contributed by atoms with Gasteiger partial charge in [0.2, 0.25) is 11.2 Å². The second kappa shape index (κ2) is 18.2. The zero-order valence-corrected chi connectivity index (χ0v) is 31.3. The van der Waals surface area contributed by atoms with Gasteiger partial charge in [-0.1, -0.05) is 18.2 Å². The molecule has 1 aliphatic carbocycles. The van der Waals surface area contributed by atoms with Crippen LogP contribution < -0.4 is 16.2 Å². The van der Waals surface area contributed by atoms with Gasteiger partial charge in [-0.15, -0.1) is 22.7 Å². The number of hydrogen-bond acceptors (Lipinski definition) is 12. The number of fused-ring (bicyclic) bond motifs is 1. The van der Waals surface area contributed by atoms with E-state index in [1.165, 1.54) is 46.9 Å². The summed E-state index contributed by atoms with van der Waals surface area (Å²) in [7, 11) is 1.89. The zero-order chi connectivity index (χ0) is 38.4. The van der Waals surface area contributed by atoms with Crippen molar-refractivity contribution in [2.24, 2.45) is 0 Å². The first kappa shape index (κ1) is 41.4. The van der Waals surface area contributed by atoms with Crippen LogP contribution in [0.2, 0.25) is 0 Å². The number of anilines is 1. The van der Waals surface area contributed by atoms with Gasteiger partial charge in [0.15, 0.2) is 0 Å². The molecule has 12 nitrogen and oxygen atoms in total. The van der Waals surface area contributed by atoms with Gasteiger partial charge in [-0.3, -0.25) is 14.8 Å². The number of thiophene rings is 2. The molecule has 2 aromatic carbocycles. The number of nitrogens with one attached hydrogen (secondary N) is 3. The average Bonchev–Trinajstić information content (AvgIpc) is 3.90. The molecule has 0 aliphatic heterocycles. The predicted octanol–water partition coefficient (Wildman–Crippen LogP) is 5.88. The Hall–Kier alpha value is -4.78. The van der Waals surface area contributed by atoms with E-state index in [0.29, 0.717) is 40.1 Å². The van der Waals surface area contributed by atoms with Crippen LogP contribution in [0, 0.1) is 11.6 Å². The lowest BCUT2D eigenvalue weighted by molar-refractivity contribution is -0.169. The van der Waals surface area contributed by atoms with Crippen LogP contribution in [0.1, 0.15) is 52.7 Å². The number of halogens is 3. The number of carbonyl (C=O) groups is 2. The van der Waals surface area contributed by atoms with Gasteiger partial charge < -0.3 is 40.0 Å². The lowest BCUT2D eigenvalue weighted by Crippen LogP contribution is -2.42. The number of aromatic nitrogens is 1. The standard InChI is InChI=1S/C38H40F2N4O8S2.FH/c1-44(23-6-8-24(9-7-23)52-36(48)38(50,32-4-2-16-53-32)33-5-3-17-54-33)14-15-51-37(49)42-29-19-27(39)22(18-28(29)40)20-41-21-31(46)25-10-12-30(45)35-26(25)11-13-34(47)43-35;/h2-5,10-13,16-19,23-24,31,41,45-46,50H,6-9,14-15,20-21H2,1H3,(H,42,49)(H,43,47);1H/t23?,24?,31-;/m1./s1. The molecule has 5 aromatic rings. The Morgan fingerprint density at radius 3 is 2.36 bits per heavy atom. The van der Waals surface area contributed by atoms with Crippen LogP contribution in [0.5, 0.6) is 5.75 Å². The van der Waals surface area contributed by atoms with Crippen molar-refractivity contribution in [2.75, 3.05) is 32.1 Å². The molecule has 0 radical (unpaired) electrons. The van der Waals surface area contributed by atoms with Crippen molar-refractivity contribution >= 4 is 51.3 Å². The fourth-order valence-electron chi connectivity index (χ4n) is 6.57. The molecule has 55 heavy (non-hydrogen) atoms. The normalized spacial score (nSPS) is 16.4. The first-order chi connectivity index (χ1) is 25.9. The number of amides is 1. The van der Waals surface area contributed by atoms with Gasteiger partial charge in [-0.2, -0.15) is 0 Å². The molecule has 1 amide bonds. The summed E-state index contributed by atoms with van der Waals surface area (Å²) in [6.45, 7) is 0.184. The molecular weight excluding hydrogens is 762 g/mol. The summed E-state index contributed by atoms with van der Waals surface area (Å²) in [6, 6.07) is 14.5. The molecule has 1 saturated carbocycles. The van der Waals surface area contributed by atoms with Crippen molar-refractivity contribution < 1.29 is 47.9 Å². The molecule has 1 fully saturated rings. The predicted molar refractivity (Wildman–Crippen MR) is 203 cm³/mol. The van der Waals surface area contributed by atoms with Gasteiger partial charge in [-0.05, 0) is 79.4 Å². The first-order valence-corrected chi connectivity index (χ1v) is 19.1. The number of pyridine rings is 1. The Morgan fingerprint density at radius 2 is 1.71 bits per heavy atom. The fourth-order valence-corrected chi connectivity index (χ4v) is 8.28. The van der Waals surface area contributed by atoms with E-state index in [0.717, 1.165) is 25.0 Å². The lowest BCUT2D eigenvalue weighted by atomic mass is 9.91. The number of likely N-dealkylation sites (N-methyl/N-ethyl adjacent to an activating group) is 1. The summed E-state index contributed by atoms with van der Waals surface area (Å²) in [5, 5.41) is 41.4. The summed E-state index contributed by atoms with van der Waals surface area (Å²) >= 11 is 2.58. The molecular formula is C38H41F3N4O8S2. The highest BCUT2D eigenvalue weighted by Crippen LogP contribution is 2.38. The zero-order valence-electron chi connectivity index (χ0n) is 29.6. The van der Waals surface area contributed by atoms with Crippen LogP contribution >= 0.6 is 22.7 Å². The van der Waals surface area contributed by atoms with E-state index in [2.05, 4.69) is 15.6 Å². The molecule has 0 saturated heterocycles. The maximum atomic E-state index is 14.9. The third-order valence-corrected chi connectivity index (χ3v) is 11.5. The van der Waals surface area contributed by atoms with Crippen LogP contribution in [0.25, 0.3) is 10.9 Å². The number of H-pyrrole nitrogens is 1. The number of benzene rings is 2. The van der Waals surface area contributed by atoms with Crippen LogP contribution in [-0.2, 0) is 26.4 Å². The van der Waals surface area contributed by atoms with E-state index in [1.807, 2.05) is 11.9 Å². The number of nitrogens with zero attached hydrogens (tertiary/aromatic N) is 1. The summed E-state index contributed by atoms with van der Waals surface area (Å²) < 4.78 is 40.9. The number of aromatic amines is 1. The summed E-state index contributed by atoms with van der Waals surface area (Å²) in [6.07, 6.45) is 0.251. The van der Waals surface area contributed by atoms with Crippen LogP contribution in [-0.4, -0.2) is 76.2 Å². The van der Waals surface area contributed by atoms with E-state index < -0.39 is 46.6 Å². The highest BCUT2D eigenvalue weighted by atomic mass is 32.1. The smallest absolute Gasteiger partial charge is 0.411 e. The van der Waals surface area contributed by atoms with Gasteiger partial charge in [0.1, 0.15) is 30.1 Å². The number of carbonyl (C=O) groups excluding carboxylic acids is 2. The molecule has 6 rings (SSSR count). The highest BCUT2D eigenvalue weighted by molar-refractivity contribution is 7.12. The number of aliphatic hydroxyl groups is 2. The van der Waals surface area contributed by atoms with Crippen LogP contribution in [0.3, 0.4) is 0 Å². The highest BCUT2D eigenvalue weighted by Gasteiger charge is 2.45. The van der Waals surface area contributed by atoms with Crippen molar-refractivity contribution in [2.45, 2.75) is 56.1 Å². The Kier molecular flexibility index (Phi) is 13.7. The number of hydrogen-bond donors (Lipinski definition) is 6. The molecule has 1 atom stereocenters. The maximum Gasteiger partial charge on any atom is 0.411 e. The van der Waals surface area contributed by atoms with E-state index in [1.54, 1.807) is 35.0 Å². The number of phenolic OH excluding ortho intramolecular Hbond substituents is 1.